The van der Waals surface area contributed by atoms with E-state index in [1.807, 2.05) is 0 Å². The van der Waals surface area contributed by atoms with Crippen LogP contribution in [-0.4, -0.2) is 87.9 Å². The fourth-order valence-corrected chi connectivity index (χ4v) is 2.08. The third-order valence-electron chi connectivity index (χ3n) is 3.77. The van der Waals surface area contributed by atoms with Gasteiger partial charge in [0.2, 0.25) is 0 Å². The van der Waals surface area contributed by atoms with Gasteiger partial charge in [-0.1, -0.05) is 0 Å². The highest BCUT2D eigenvalue weighted by atomic mass is 16.5. The summed E-state index contributed by atoms with van der Waals surface area (Å²) in [4.78, 5) is 9.37. The second kappa shape index (κ2) is 10.8. The molecule has 0 unspecified atom stereocenters. The summed E-state index contributed by atoms with van der Waals surface area (Å²) in [6.07, 6.45) is 0. The van der Waals surface area contributed by atoms with Crippen molar-refractivity contribution in [2.24, 2.45) is 4.99 Å². The molecule has 21 heavy (non-hydrogen) atoms. The fraction of sp³-hybridized carbons (Fsp3) is 0.933. The number of hydrogen-bond donors (Lipinski definition) is 2. The number of guanidine groups is 1. The van der Waals surface area contributed by atoms with E-state index in [2.05, 4.69) is 53.2 Å². The maximum atomic E-state index is 5.35. The molecule has 0 saturated carbocycles. The van der Waals surface area contributed by atoms with Crippen LogP contribution in [0, 0.1) is 0 Å². The summed E-state index contributed by atoms with van der Waals surface area (Å²) in [6.45, 7) is 14.9. The number of ether oxygens (including phenoxy) is 1. The van der Waals surface area contributed by atoms with Gasteiger partial charge >= 0.3 is 0 Å². The van der Waals surface area contributed by atoms with Crippen LogP contribution in [0.25, 0.3) is 0 Å². The molecule has 1 fully saturated rings. The highest BCUT2D eigenvalue weighted by Gasteiger charge is 2.09. The first kappa shape index (κ1) is 18.2. The minimum Gasteiger partial charge on any atom is -0.379 e. The van der Waals surface area contributed by atoms with Crippen LogP contribution in [0.5, 0.6) is 0 Å². The van der Waals surface area contributed by atoms with E-state index in [9.17, 15) is 0 Å². The zero-order chi connectivity index (χ0) is 15.5. The number of nitrogens with one attached hydrogen (secondary N) is 2. The van der Waals surface area contributed by atoms with Gasteiger partial charge in [0.15, 0.2) is 5.96 Å². The molecule has 6 heteroatoms. The smallest absolute Gasteiger partial charge is 0.191 e. The molecule has 0 atom stereocenters. The van der Waals surface area contributed by atoms with Crippen LogP contribution < -0.4 is 10.6 Å². The van der Waals surface area contributed by atoms with E-state index in [0.717, 1.165) is 65.0 Å². The van der Waals surface area contributed by atoms with Crippen molar-refractivity contribution in [3.63, 3.8) is 0 Å². The van der Waals surface area contributed by atoms with Crippen molar-refractivity contribution in [3.05, 3.63) is 0 Å². The number of nitrogens with zero attached hydrogens (tertiary/aromatic N) is 3. The summed E-state index contributed by atoms with van der Waals surface area (Å²) >= 11 is 0. The van der Waals surface area contributed by atoms with Gasteiger partial charge < -0.3 is 20.3 Å². The second-order valence-electron chi connectivity index (χ2n) is 5.72. The van der Waals surface area contributed by atoms with Crippen LogP contribution in [0.4, 0.5) is 0 Å². The molecule has 0 aromatic carbocycles. The molecule has 1 rings (SSSR count). The topological polar surface area (TPSA) is 52.1 Å². The highest BCUT2D eigenvalue weighted by Crippen LogP contribution is 1.95. The fourth-order valence-electron chi connectivity index (χ4n) is 2.08. The Kier molecular flexibility index (Phi) is 9.37. The van der Waals surface area contributed by atoms with E-state index < -0.39 is 0 Å². The maximum Gasteiger partial charge on any atom is 0.191 e. The molecular weight excluding hydrogens is 266 g/mol. The maximum absolute atomic E-state index is 5.35. The van der Waals surface area contributed by atoms with Gasteiger partial charge in [-0.3, -0.25) is 9.89 Å². The Morgan fingerprint density at radius 3 is 2.62 bits per heavy atom. The predicted molar refractivity (Wildman–Crippen MR) is 89.0 cm³/mol. The zero-order valence-corrected chi connectivity index (χ0v) is 14.2. The molecular formula is C15H33N5O. The lowest BCUT2D eigenvalue weighted by Crippen LogP contribution is -2.43. The van der Waals surface area contributed by atoms with E-state index in [-0.39, 0.29) is 0 Å². The lowest BCUT2D eigenvalue weighted by atomic mass is 10.3. The van der Waals surface area contributed by atoms with E-state index in [4.69, 9.17) is 4.74 Å². The SMILES string of the molecule is CCNC(=NCCN1CCOCC1)NCCN(C)C(C)C. The molecule has 2 N–H and O–H groups in total. The average Bonchev–Trinajstić information content (AvgIpc) is 2.48. The molecule has 0 aromatic rings. The molecule has 1 saturated heterocycles. The zero-order valence-electron chi connectivity index (χ0n) is 14.2. The van der Waals surface area contributed by atoms with Crippen LogP contribution >= 0.6 is 0 Å². The molecule has 0 aromatic heterocycles. The first-order valence-corrected chi connectivity index (χ1v) is 8.16. The molecule has 124 valence electrons. The number of morpholine rings is 1. The molecule has 1 aliphatic heterocycles. The standard InChI is InChI=1S/C15H33N5O/c1-5-16-15(17-6-8-19(4)14(2)3)18-7-9-20-10-12-21-13-11-20/h14H,5-13H2,1-4H3,(H2,16,17,18). The monoisotopic (exact) mass is 299 g/mol. The molecule has 6 nitrogen and oxygen atoms in total. The van der Waals surface area contributed by atoms with Gasteiger partial charge in [-0.25, -0.2) is 0 Å². The lowest BCUT2D eigenvalue weighted by Gasteiger charge is -2.26. The summed E-state index contributed by atoms with van der Waals surface area (Å²) < 4.78 is 5.35. The van der Waals surface area contributed by atoms with Gasteiger partial charge in [0, 0.05) is 45.3 Å². The van der Waals surface area contributed by atoms with E-state index in [1.165, 1.54) is 0 Å². The van der Waals surface area contributed by atoms with Gasteiger partial charge in [-0.05, 0) is 27.8 Å². The van der Waals surface area contributed by atoms with Gasteiger partial charge in [-0.15, -0.1) is 0 Å². The second-order valence-corrected chi connectivity index (χ2v) is 5.72. The van der Waals surface area contributed by atoms with Gasteiger partial charge in [-0.2, -0.15) is 0 Å². The van der Waals surface area contributed by atoms with Gasteiger partial charge in [0.05, 0.1) is 19.8 Å². The third-order valence-corrected chi connectivity index (χ3v) is 3.77. The summed E-state index contributed by atoms with van der Waals surface area (Å²) in [7, 11) is 2.15. The highest BCUT2D eigenvalue weighted by molar-refractivity contribution is 5.79. The summed E-state index contributed by atoms with van der Waals surface area (Å²) in [6, 6.07) is 0.577. The van der Waals surface area contributed by atoms with E-state index >= 15 is 0 Å². The summed E-state index contributed by atoms with van der Waals surface area (Å²) in [5.74, 6) is 0.919. The van der Waals surface area contributed by atoms with Crippen LogP contribution in [-0.2, 0) is 4.74 Å². The van der Waals surface area contributed by atoms with Crippen molar-refractivity contribution in [2.75, 3.05) is 66.1 Å². The molecule has 1 aliphatic rings. The third kappa shape index (κ3) is 8.24. The minimum atomic E-state index is 0.577. The number of hydrogen-bond acceptors (Lipinski definition) is 4. The van der Waals surface area contributed by atoms with Crippen molar-refractivity contribution in [2.45, 2.75) is 26.8 Å². The first-order valence-electron chi connectivity index (χ1n) is 8.16. The van der Waals surface area contributed by atoms with Gasteiger partial charge in [0.25, 0.3) is 0 Å². The summed E-state index contributed by atoms with van der Waals surface area (Å²) in [5.41, 5.74) is 0. The van der Waals surface area contributed by atoms with Crippen LogP contribution in [0.3, 0.4) is 0 Å². The predicted octanol–water partition coefficient (Wildman–Crippen LogP) is 0.214. The van der Waals surface area contributed by atoms with Crippen molar-refractivity contribution in [3.8, 4) is 0 Å². The molecule has 0 radical (unpaired) electrons. The Labute approximate surface area is 129 Å². The van der Waals surface area contributed by atoms with Gasteiger partial charge in [0.1, 0.15) is 0 Å². The molecule has 0 amide bonds. The van der Waals surface area contributed by atoms with Crippen molar-refractivity contribution >= 4 is 5.96 Å². The van der Waals surface area contributed by atoms with E-state index in [1.54, 1.807) is 0 Å². The van der Waals surface area contributed by atoms with Crippen molar-refractivity contribution in [1.82, 2.24) is 20.4 Å². The Hall–Kier alpha value is -0.850. The van der Waals surface area contributed by atoms with E-state index in [0.29, 0.717) is 6.04 Å². The minimum absolute atomic E-state index is 0.577. The number of likely N-dealkylation sites (N-methyl/N-ethyl adjacent to an activating group) is 1. The number of aliphatic imine (C=N–C) groups is 1. The summed E-state index contributed by atoms with van der Waals surface area (Å²) in [5, 5.41) is 6.70. The number of rotatable bonds is 8. The van der Waals surface area contributed by atoms with Crippen molar-refractivity contribution < 1.29 is 4.74 Å². The molecule has 0 aliphatic carbocycles. The molecule has 0 bridgehead atoms. The van der Waals surface area contributed by atoms with Crippen LogP contribution in [0.2, 0.25) is 0 Å². The molecule has 0 spiro atoms. The average molecular weight is 299 g/mol. The Balaban J connectivity index is 2.25. The largest absolute Gasteiger partial charge is 0.379 e. The van der Waals surface area contributed by atoms with Crippen LogP contribution in [0.1, 0.15) is 20.8 Å². The quantitative estimate of drug-likeness (QED) is 0.496. The Morgan fingerprint density at radius 2 is 2.00 bits per heavy atom. The Bertz CT molecular complexity index is 290. The van der Waals surface area contributed by atoms with Crippen molar-refractivity contribution in [1.29, 1.82) is 0 Å². The van der Waals surface area contributed by atoms with Crippen LogP contribution in [0.15, 0.2) is 4.99 Å². The molecule has 1 heterocycles. The first-order chi connectivity index (χ1) is 10.1. The Morgan fingerprint density at radius 1 is 1.29 bits per heavy atom. The normalized spacial score (nSPS) is 17.5. The lowest BCUT2D eigenvalue weighted by molar-refractivity contribution is 0.0394.